The number of hydrogen-bond donors (Lipinski definition) is 2. The summed E-state index contributed by atoms with van der Waals surface area (Å²) in [5, 5.41) is 19.3. The summed E-state index contributed by atoms with van der Waals surface area (Å²) >= 11 is 0. The molecule has 0 saturated carbocycles. The van der Waals surface area contributed by atoms with Crippen molar-refractivity contribution in [2.24, 2.45) is 17.8 Å². The van der Waals surface area contributed by atoms with E-state index in [2.05, 4.69) is 19.9 Å². The lowest BCUT2D eigenvalue weighted by atomic mass is 9.73. The number of aliphatic carboxylic acids is 1. The molecule has 0 spiro atoms. The maximum absolute atomic E-state index is 12.3. The molecule has 5 heteroatoms. The number of hydrogen-bond acceptors (Lipinski definition) is 4. The lowest BCUT2D eigenvalue weighted by Crippen LogP contribution is -2.44. The molecule has 2 aliphatic carbocycles. The van der Waals surface area contributed by atoms with Gasteiger partial charge in [0.15, 0.2) is 5.78 Å². The predicted octanol–water partition coefficient (Wildman–Crippen LogP) is 3.62. The lowest BCUT2D eigenvalue weighted by molar-refractivity contribution is -0.141. The van der Waals surface area contributed by atoms with Crippen LogP contribution in [0, 0.1) is 17.8 Å². The standard InChI is InChI=1S/C21H30O5/c1-12(5-4-6-13(2)20(24)25)14-9-10-21(3)16(14)11-15-17(22)7-8-18(23)19(15)26-21/h9,12-13,16,18,23H,4-8,10-11H2,1-3H3,(H,24,25). The summed E-state index contributed by atoms with van der Waals surface area (Å²) in [5.74, 6) is 0.0932. The molecule has 0 bridgehead atoms. The molecule has 0 aromatic carbocycles. The van der Waals surface area contributed by atoms with E-state index in [0.717, 1.165) is 19.3 Å². The van der Waals surface area contributed by atoms with Gasteiger partial charge in [0.05, 0.1) is 5.92 Å². The van der Waals surface area contributed by atoms with E-state index in [9.17, 15) is 14.7 Å². The highest BCUT2D eigenvalue weighted by atomic mass is 16.5. The van der Waals surface area contributed by atoms with E-state index in [4.69, 9.17) is 9.84 Å². The first kappa shape index (κ1) is 19.2. The van der Waals surface area contributed by atoms with Crippen molar-refractivity contribution >= 4 is 11.8 Å². The van der Waals surface area contributed by atoms with Gasteiger partial charge in [-0.1, -0.05) is 31.9 Å². The smallest absolute Gasteiger partial charge is 0.306 e. The molecule has 0 radical (unpaired) electrons. The highest BCUT2D eigenvalue weighted by Crippen LogP contribution is 2.51. The number of ether oxygens (including phenoxy) is 1. The molecule has 3 rings (SSSR count). The van der Waals surface area contributed by atoms with E-state index in [1.165, 1.54) is 5.57 Å². The van der Waals surface area contributed by atoms with Gasteiger partial charge in [-0.2, -0.15) is 0 Å². The quantitative estimate of drug-likeness (QED) is 0.705. The Morgan fingerprint density at radius 1 is 1.38 bits per heavy atom. The Kier molecular flexibility index (Phi) is 5.29. The number of fused-ring (bicyclic) bond motifs is 1. The molecule has 144 valence electrons. The topological polar surface area (TPSA) is 83.8 Å². The van der Waals surface area contributed by atoms with Crippen LogP contribution in [0.2, 0.25) is 0 Å². The molecule has 0 amide bonds. The first-order chi connectivity index (χ1) is 12.2. The molecule has 1 aliphatic heterocycles. The number of carbonyl (C=O) groups excluding carboxylic acids is 1. The molecule has 0 aromatic heterocycles. The predicted molar refractivity (Wildman–Crippen MR) is 97.4 cm³/mol. The van der Waals surface area contributed by atoms with Crippen LogP contribution in [0.1, 0.15) is 65.7 Å². The Hall–Kier alpha value is -1.62. The number of aliphatic hydroxyl groups is 1. The van der Waals surface area contributed by atoms with Gasteiger partial charge >= 0.3 is 5.97 Å². The summed E-state index contributed by atoms with van der Waals surface area (Å²) in [5.41, 5.74) is 1.63. The largest absolute Gasteiger partial charge is 0.488 e. The summed E-state index contributed by atoms with van der Waals surface area (Å²) in [4.78, 5) is 23.3. The third kappa shape index (κ3) is 3.46. The minimum atomic E-state index is -0.736. The van der Waals surface area contributed by atoms with Crippen molar-refractivity contribution in [2.45, 2.75) is 77.4 Å². The van der Waals surface area contributed by atoms with Crippen LogP contribution in [0.4, 0.5) is 0 Å². The van der Waals surface area contributed by atoms with Crippen molar-refractivity contribution in [1.82, 2.24) is 0 Å². The number of rotatable bonds is 6. The van der Waals surface area contributed by atoms with E-state index >= 15 is 0 Å². The number of carboxylic acids is 1. The minimum Gasteiger partial charge on any atom is -0.488 e. The maximum atomic E-state index is 12.3. The number of carboxylic acid groups (broad SMARTS) is 1. The van der Waals surface area contributed by atoms with Gasteiger partial charge in [-0.3, -0.25) is 9.59 Å². The molecule has 5 nitrogen and oxygen atoms in total. The average molecular weight is 362 g/mol. The molecule has 26 heavy (non-hydrogen) atoms. The molecule has 2 N–H and O–H groups in total. The second-order valence-corrected chi connectivity index (χ2v) is 8.47. The summed E-state index contributed by atoms with van der Waals surface area (Å²) in [7, 11) is 0. The second-order valence-electron chi connectivity index (χ2n) is 8.47. The van der Waals surface area contributed by atoms with Crippen molar-refractivity contribution in [3.8, 4) is 0 Å². The normalized spacial score (nSPS) is 33.1. The summed E-state index contributed by atoms with van der Waals surface area (Å²) in [6, 6.07) is 0. The zero-order chi connectivity index (χ0) is 19.1. The van der Waals surface area contributed by atoms with Crippen molar-refractivity contribution < 1.29 is 24.5 Å². The fourth-order valence-corrected chi connectivity index (χ4v) is 4.66. The van der Waals surface area contributed by atoms with Gasteiger partial charge in [-0.15, -0.1) is 0 Å². The summed E-state index contributed by atoms with van der Waals surface area (Å²) in [6.45, 7) is 6.02. The molecule has 3 aliphatic rings. The van der Waals surface area contributed by atoms with Crippen molar-refractivity contribution in [3.05, 3.63) is 23.0 Å². The van der Waals surface area contributed by atoms with Crippen LogP contribution in [0.3, 0.4) is 0 Å². The number of ketones is 1. The van der Waals surface area contributed by atoms with Crippen LogP contribution in [0.15, 0.2) is 23.0 Å². The first-order valence-corrected chi connectivity index (χ1v) is 9.79. The highest BCUT2D eigenvalue weighted by molar-refractivity contribution is 5.97. The molecule has 0 fully saturated rings. The molecule has 0 saturated heterocycles. The van der Waals surface area contributed by atoms with Crippen LogP contribution < -0.4 is 0 Å². The van der Waals surface area contributed by atoms with Gasteiger partial charge in [0.2, 0.25) is 0 Å². The third-order valence-electron chi connectivity index (χ3n) is 6.48. The number of carbonyl (C=O) groups is 2. The van der Waals surface area contributed by atoms with Gasteiger partial charge < -0.3 is 14.9 Å². The summed E-state index contributed by atoms with van der Waals surface area (Å²) in [6.07, 6.45) is 6.39. The lowest BCUT2D eigenvalue weighted by Gasteiger charge is -2.43. The Morgan fingerprint density at radius 3 is 2.81 bits per heavy atom. The second kappa shape index (κ2) is 7.18. The fourth-order valence-electron chi connectivity index (χ4n) is 4.66. The molecule has 0 aromatic rings. The van der Waals surface area contributed by atoms with Gasteiger partial charge in [0, 0.05) is 24.3 Å². The molecular formula is C21H30O5. The van der Waals surface area contributed by atoms with Gasteiger partial charge in [-0.25, -0.2) is 0 Å². The van der Waals surface area contributed by atoms with Crippen molar-refractivity contribution in [3.63, 3.8) is 0 Å². The Labute approximate surface area is 155 Å². The zero-order valence-corrected chi connectivity index (χ0v) is 16.0. The Morgan fingerprint density at radius 2 is 2.12 bits per heavy atom. The first-order valence-electron chi connectivity index (χ1n) is 9.79. The van der Waals surface area contributed by atoms with Gasteiger partial charge in [-0.05, 0) is 38.5 Å². The van der Waals surface area contributed by atoms with Gasteiger partial charge in [0.25, 0.3) is 0 Å². The van der Waals surface area contributed by atoms with Crippen LogP contribution in [0.5, 0.6) is 0 Å². The van der Waals surface area contributed by atoms with Crippen molar-refractivity contribution in [1.29, 1.82) is 0 Å². The number of allylic oxidation sites excluding steroid dienone is 1. The van der Waals surface area contributed by atoms with Crippen LogP contribution in [-0.2, 0) is 14.3 Å². The molecule has 5 atom stereocenters. The van der Waals surface area contributed by atoms with E-state index in [1.807, 2.05) is 0 Å². The monoisotopic (exact) mass is 362 g/mol. The maximum Gasteiger partial charge on any atom is 0.306 e. The van der Waals surface area contributed by atoms with E-state index in [1.54, 1.807) is 6.92 Å². The fraction of sp³-hybridized carbons (Fsp3) is 0.714. The molecule has 5 unspecified atom stereocenters. The minimum absolute atomic E-state index is 0.113. The Balaban J connectivity index is 1.68. The van der Waals surface area contributed by atoms with Crippen LogP contribution >= 0.6 is 0 Å². The third-order valence-corrected chi connectivity index (χ3v) is 6.48. The van der Waals surface area contributed by atoms with Crippen molar-refractivity contribution in [2.75, 3.05) is 0 Å². The highest BCUT2D eigenvalue weighted by Gasteiger charge is 2.50. The van der Waals surface area contributed by atoms with Gasteiger partial charge in [0.1, 0.15) is 17.5 Å². The van der Waals surface area contributed by atoms with E-state index in [-0.39, 0.29) is 23.2 Å². The summed E-state index contributed by atoms with van der Waals surface area (Å²) < 4.78 is 6.22. The zero-order valence-electron chi connectivity index (χ0n) is 16.0. The molecular weight excluding hydrogens is 332 g/mol. The van der Waals surface area contributed by atoms with Crippen LogP contribution in [-0.4, -0.2) is 33.7 Å². The SMILES string of the molecule is CC(CCCC(C)C1=CCC2(C)OC3=C(CC12)C(=O)CCC3O)C(=O)O. The molecule has 1 heterocycles. The van der Waals surface area contributed by atoms with E-state index < -0.39 is 12.1 Å². The number of aliphatic hydroxyl groups excluding tert-OH is 1. The Bertz CT molecular complexity index is 661. The number of Topliss-reactive ketones (excluding diaryl/α,β-unsaturated/α-hetero) is 1. The average Bonchev–Trinajstić information content (AvgIpc) is 2.93. The van der Waals surface area contributed by atoms with E-state index in [0.29, 0.717) is 42.9 Å². The van der Waals surface area contributed by atoms with Crippen LogP contribution in [0.25, 0.3) is 0 Å².